The molecule has 30 heavy (non-hydrogen) atoms. The number of carbonyl (C=O) groups is 1. The number of likely N-dealkylation sites (tertiary alicyclic amines) is 1. The van der Waals surface area contributed by atoms with E-state index in [1.165, 1.54) is 18.9 Å². The van der Waals surface area contributed by atoms with E-state index in [-0.39, 0.29) is 11.9 Å². The van der Waals surface area contributed by atoms with Crippen LogP contribution in [0.3, 0.4) is 0 Å². The highest BCUT2D eigenvalue weighted by atomic mass is 16.5. The molecule has 1 aromatic heterocycles. The minimum atomic E-state index is -0.149. The lowest BCUT2D eigenvalue weighted by Crippen LogP contribution is -2.36. The van der Waals surface area contributed by atoms with Crippen molar-refractivity contribution in [1.29, 1.82) is 0 Å². The highest BCUT2D eigenvalue weighted by molar-refractivity contribution is 5.91. The van der Waals surface area contributed by atoms with Crippen LogP contribution in [-0.2, 0) is 4.79 Å². The Morgan fingerprint density at radius 1 is 1.13 bits per heavy atom. The van der Waals surface area contributed by atoms with Crippen molar-refractivity contribution < 1.29 is 9.53 Å². The van der Waals surface area contributed by atoms with E-state index in [0.717, 1.165) is 35.4 Å². The van der Waals surface area contributed by atoms with E-state index < -0.39 is 0 Å². The van der Waals surface area contributed by atoms with Gasteiger partial charge in [-0.05, 0) is 50.2 Å². The molecule has 6 heteroatoms. The first-order valence-corrected chi connectivity index (χ1v) is 10.3. The first-order valence-electron chi connectivity index (χ1n) is 10.3. The Morgan fingerprint density at radius 2 is 1.87 bits per heavy atom. The van der Waals surface area contributed by atoms with Crippen molar-refractivity contribution in [3.8, 4) is 5.75 Å². The van der Waals surface area contributed by atoms with Crippen molar-refractivity contribution in [2.24, 2.45) is 0 Å². The van der Waals surface area contributed by atoms with E-state index in [1.807, 2.05) is 42.5 Å². The molecule has 1 fully saturated rings. The van der Waals surface area contributed by atoms with Crippen molar-refractivity contribution in [3.05, 3.63) is 72.1 Å². The number of aromatic nitrogens is 2. The van der Waals surface area contributed by atoms with Crippen LogP contribution in [0, 0.1) is 0 Å². The highest BCUT2D eigenvalue weighted by Crippen LogP contribution is 2.31. The minimum Gasteiger partial charge on any atom is -0.496 e. The predicted octanol–water partition coefficient (Wildman–Crippen LogP) is 3.60. The summed E-state index contributed by atoms with van der Waals surface area (Å²) >= 11 is 0. The monoisotopic (exact) mass is 402 g/mol. The van der Waals surface area contributed by atoms with Crippen molar-refractivity contribution in [2.45, 2.75) is 18.9 Å². The molecule has 6 nitrogen and oxygen atoms in total. The number of para-hydroxylation sites is 3. The molecule has 4 rings (SSSR count). The van der Waals surface area contributed by atoms with Crippen LogP contribution in [0.5, 0.6) is 5.75 Å². The zero-order valence-corrected chi connectivity index (χ0v) is 17.1. The lowest BCUT2D eigenvalue weighted by molar-refractivity contribution is -0.116. The van der Waals surface area contributed by atoms with Gasteiger partial charge in [-0.1, -0.05) is 30.3 Å². The number of rotatable bonds is 7. The Kier molecular flexibility index (Phi) is 6.35. The number of carbonyl (C=O) groups excluding carboxylic acids is 1. The Hall–Kier alpha value is -3.25. The number of fused-ring (bicyclic) bond motifs is 1. The summed E-state index contributed by atoms with van der Waals surface area (Å²) in [5.41, 5.74) is 3.41. The molecule has 1 N–H and O–H groups in total. The standard InChI is InChI=1S/C24H26N4O2/c1-30-23-11-5-2-8-19(23)22(28-14-6-7-15-28)17-26-24(29)13-12-18-16-25-20-9-3-4-10-21(20)27-18/h2-5,8-13,16,22H,6-7,14-15,17H2,1H3,(H,26,29)/b13-12+. The largest absolute Gasteiger partial charge is 0.496 e. The number of ether oxygens (including phenoxy) is 1. The van der Waals surface area contributed by atoms with Gasteiger partial charge in [0, 0.05) is 18.2 Å². The summed E-state index contributed by atoms with van der Waals surface area (Å²) in [5, 5.41) is 3.05. The molecule has 1 aliphatic heterocycles. The first-order chi connectivity index (χ1) is 14.7. The number of amides is 1. The van der Waals surface area contributed by atoms with Gasteiger partial charge in [0.2, 0.25) is 5.91 Å². The molecule has 1 saturated heterocycles. The minimum absolute atomic E-state index is 0.0847. The number of benzene rings is 2. The molecular weight excluding hydrogens is 376 g/mol. The van der Waals surface area contributed by atoms with Gasteiger partial charge in [-0.3, -0.25) is 14.7 Å². The second-order valence-electron chi connectivity index (χ2n) is 7.36. The molecule has 1 atom stereocenters. The van der Waals surface area contributed by atoms with Gasteiger partial charge in [-0.15, -0.1) is 0 Å². The van der Waals surface area contributed by atoms with Gasteiger partial charge in [0.05, 0.1) is 36.1 Å². The molecule has 0 bridgehead atoms. The summed E-state index contributed by atoms with van der Waals surface area (Å²) in [6, 6.07) is 15.8. The van der Waals surface area contributed by atoms with Crippen LogP contribution in [0.25, 0.3) is 17.1 Å². The topological polar surface area (TPSA) is 67.3 Å². The van der Waals surface area contributed by atoms with Crippen LogP contribution in [-0.4, -0.2) is 47.5 Å². The van der Waals surface area contributed by atoms with E-state index in [2.05, 4.69) is 26.3 Å². The second-order valence-corrected chi connectivity index (χ2v) is 7.36. The maximum atomic E-state index is 12.5. The number of hydrogen-bond acceptors (Lipinski definition) is 5. The van der Waals surface area contributed by atoms with Crippen LogP contribution in [0.2, 0.25) is 0 Å². The summed E-state index contributed by atoms with van der Waals surface area (Å²) in [6.45, 7) is 2.58. The summed E-state index contributed by atoms with van der Waals surface area (Å²) in [4.78, 5) is 23.8. The number of nitrogens with zero attached hydrogens (tertiary/aromatic N) is 3. The van der Waals surface area contributed by atoms with E-state index in [9.17, 15) is 4.79 Å². The Labute approximate surface area is 176 Å². The number of hydrogen-bond donors (Lipinski definition) is 1. The quantitative estimate of drug-likeness (QED) is 0.612. The SMILES string of the molecule is COc1ccccc1C(CNC(=O)/C=C/c1cnc2ccccc2n1)N1CCCC1. The van der Waals surface area contributed by atoms with Gasteiger partial charge in [-0.25, -0.2) is 4.98 Å². The van der Waals surface area contributed by atoms with Gasteiger partial charge in [-0.2, -0.15) is 0 Å². The van der Waals surface area contributed by atoms with Crippen LogP contribution in [0.1, 0.15) is 30.1 Å². The van der Waals surface area contributed by atoms with Gasteiger partial charge in [0.15, 0.2) is 0 Å². The maximum absolute atomic E-state index is 12.5. The fraction of sp³-hybridized carbons (Fsp3) is 0.292. The molecule has 2 heterocycles. The molecule has 0 radical (unpaired) electrons. The van der Waals surface area contributed by atoms with E-state index >= 15 is 0 Å². The van der Waals surface area contributed by atoms with E-state index in [0.29, 0.717) is 12.2 Å². The molecule has 1 aliphatic rings. The number of methoxy groups -OCH3 is 1. The Morgan fingerprint density at radius 3 is 2.67 bits per heavy atom. The van der Waals surface area contributed by atoms with Gasteiger partial charge < -0.3 is 10.1 Å². The lowest BCUT2D eigenvalue weighted by Gasteiger charge is -2.29. The summed E-state index contributed by atoms with van der Waals surface area (Å²) in [5.74, 6) is 0.703. The maximum Gasteiger partial charge on any atom is 0.244 e. The molecule has 0 saturated carbocycles. The third-order valence-corrected chi connectivity index (χ3v) is 5.42. The Balaban J connectivity index is 1.44. The van der Waals surface area contributed by atoms with Gasteiger partial charge in [0.25, 0.3) is 0 Å². The van der Waals surface area contributed by atoms with Crippen molar-refractivity contribution >= 4 is 23.0 Å². The highest BCUT2D eigenvalue weighted by Gasteiger charge is 2.26. The normalized spacial score (nSPS) is 15.5. The third-order valence-electron chi connectivity index (χ3n) is 5.42. The average Bonchev–Trinajstić information content (AvgIpc) is 3.32. The summed E-state index contributed by atoms with van der Waals surface area (Å²) in [7, 11) is 1.69. The lowest BCUT2D eigenvalue weighted by atomic mass is 10.0. The molecule has 1 unspecified atom stereocenters. The third kappa shape index (κ3) is 4.66. The molecular formula is C24H26N4O2. The van der Waals surface area contributed by atoms with Gasteiger partial charge in [0.1, 0.15) is 5.75 Å². The zero-order valence-electron chi connectivity index (χ0n) is 17.1. The fourth-order valence-electron chi connectivity index (χ4n) is 3.90. The zero-order chi connectivity index (χ0) is 20.8. The average molecular weight is 402 g/mol. The van der Waals surface area contributed by atoms with Crippen LogP contribution >= 0.6 is 0 Å². The van der Waals surface area contributed by atoms with E-state index in [1.54, 1.807) is 19.4 Å². The Bertz CT molecular complexity index is 1040. The number of nitrogens with one attached hydrogen (secondary N) is 1. The summed E-state index contributed by atoms with van der Waals surface area (Å²) < 4.78 is 5.56. The van der Waals surface area contributed by atoms with Crippen LogP contribution in [0.15, 0.2) is 60.8 Å². The fourth-order valence-corrected chi connectivity index (χ4v) is 3.90. The smallest absolute Gasteiger partial charge is 0.244 e. The first kappa shape index (κ1) is 20.0. The summed E-state index contributed by atoms with van der Waals surface area (Å²) in [6.07, 6.45) is 7.25. The van der Waals surface area contributed by atoms with Crippen LogP contribution in [0.4, 0.5) is 0 Å². The molecule has 1 amide bonds. The van der Waals surface area contributed by atoms with Crippen LogP contribution < -0.4 is 10.1 Å². The molecule has 0 spiro atoms. The van der Waals surface area contributed by atoms with Crippen molar-refractivity contribution in [3.63, 3.8) is 0 Å². The molecule has 2 aromatic carbocycles. The van der Waals surface area contributed by atoms with E-state index in [4.69, 9.17) is 4.74 Å². The van der Waals surface area contributed by atoms with Crippen molar-refractivity contribution in [1.82, 2.24) is 20.2 Å². The molecule has 3 aromatic rings. The van der Waals surface area contributed by atoms with Crippen molar-refractivity contribution in [2.75, 3.05) is 26.7 Å². The van der Waals surface area contributed by atoms with Gasteiger partial charge >= 0.3 is 0 Å². The molecule has 154 valence electrons. The predicted molar refractivity (Wildman–Crippen MR) is 118 cm³/mol. The second kappa shape index (κ2) is 9.50. The molecule has 0 aliphatic carbocycles.